The van der Waals surface area contributed by atoms with E-state index in [2.05, 4.69) is 0 Å². The van der Waals surface area contributed by atoms with Crippen LogP contribution in [0.5, 0.6) is 17.2 Å². The van der Waals surface area contributed by atoms with Gasteiger partial charge in [0.05, 0.1) is 26.4 Å². The van der Waals surface area contributed by atoms with Gasteiger partial charge >= 0.3 is 5.97 Å². The fourth-order valence-corrected chi connectivity index (χ4v) is 1.86. The van der Waals surface area contributed by atoms with Crippen LogP contribution in [0.25, 0.3) is 0 Å². The number of methoxy groups -OCH3 is 2. The molecule has 1 rings (SSSR count). The summed E-state index contributed by atoms with van der Waals surface area (Å²) in [5.74, 6) is -0.453. The third-order valence-corrected chi connectivity index (χ3v) is 3.18. The van der Waals surface area contributed by atoms with Gasteiger partial charge in [0.1, 0.15) is 11.6 Å². The number of rotatable bonds is 14. The van der Waals surface area contributed by atoms with Gasteiger partial charge in [0, 0.05) is 14.2 Å². The standard InChI is InChI=1S/C16H23ClO9/c1-20-5-7-22-10-24-13-4-3-12(26-14(19)9-18)15(17)16(13)25-11-23-8-6-21-2/h3-4,18H,5-11H2,1-2H3. The van der Waals surface area contributed by atoms with E-state index in [1.807, 2.05) is 0 Å². The van der Waals surface area contributed by atoms with Crippen molar-refractivity contribution in [1.82, 2.24) is 0 Å². The van der Waals surface area contributed by atoms with Gasteiger partial charge in [-0.1, -0.05) is 11.6 Å². The van der Waals surface area contributed by atoms with Crippen molar-refractivity contribution in [3.8, 4) is 17.2 Å². The van der Waals surface area contributed by atoms with Crippen LogP contribution in [-0.4, -0.2) is 71.9 Å². The molecule has 1 aromatic rings. The van der Waals surface area contributed by atoms with Gasteiger partial charge in [-0.25, -0.2) is 4.79 Å². The number of halogens is 1. The van der Waals surface area contributed by atoms with Crippen molar-refractivity contribution in [2.24, 2.45) is 0 Å². The first kappa shape index (κ1) is 22.4. The number of ether oxygens (including phenoxy) is 7. The van der Waals surface area contributed by atoms with E-state index in [0.29, 0.717) is 26.4 Å². The lowest BCUT2D eigenvalue weighted by Gasteiger charge is -2.16. The largest absolute Gasteiger partial charge is 0.464 e. The molecule has 0 heterocycles. The SMILES string of the molecule is COCCOCOc1ccc(OC(=O)CO)c(Cl)c1OCOCCOC. The Labute approximate surface area is 156 Å². The molecule has 0 saturated carbocycles. The zero-order valence-corrected chi connectivity index (χ0v) is 15.5. The maximum atomic E-state index is 11.3. The topological polar surface area (TPSA) is 102 Å². The van der Waals surface area contributed by atoms with E-state index in [1.165, 1.54) is 12.1 Å². The first-order valence-corrected chi connectivity index (χ1v) is 8.04. The monoisotopic (exact) mass is 394 g/mol. The number of carbonyl (C=O) groups excluding carboxylic acids is 1. The minimum absolute atomic E-state index is 0.00321. The van der Waals surface area contributed by atoms with Crippen LogP contribution < -0.4 is 14.2 Å². The molecule has 0 aromatic heterocycles. The number of benzene rings is 1. The zero-order chi connectivity index (χ0) is 19.2. The summed E-state index contributed by atoms with van der Waals surface area (Å²) in [6, 6.07) is 2.91. The van der Waals surface area contributed by atoms with Gasteiger partial charge in [-0.15, -0.1) is 0 Å². The second kappa shape index (κ2) is 13.6. The summed E-state index contributed by atoms with van der Waals surface area (Å²) in [6.07, 6.45) is 0. The minimum atomic E-state index is -0.856. The molecule has 9 nitrogen and oxygen atoms in total. The van der Waals surface area contributed by atoms with Crippen molar-refractivity contribution in [3.63, 3.8) is 0 Å². The van der Waals surface area contributed by atoms with Gasteiger partial charge in [0.15, 0.2) is 30.8 Å². The Balaban J connectivity index is 2.78. The van der Waals surface area contributed by atoms with E-state index < -0.39 is 12.6 Å². The highest BCUT2D eigenvalue weighted by molar-refractivity contribution is 6.34. The van der Waals surface area contributed by atoms with E-state index >= 15 is 0 Å². The lowest BCUT2D eigenvalue weighted by molar-refractivity contribution is -0.137. The average Bonchev–Trinajstić information content (AvgIpc) is 2.65. The van der Waals surface area contributed by atoms with Crippen LogP contribution in [0.15, 0.2) is 12.1 Å². The highest BCUT2D eigenvalue weighted by Crippen LogP contribution is 2.41. The molecule has 26 heavy (non-hydrogen) atoms. The van der Waals surface area contributed by atoms with Crippen LogP contribution in [0, 0.1) is 0 Å². The quantitative estimate of drug-likeness (QED) is 0.216. The third-order valence-electron chi connectivity index (χ3n) is 2.83. The van der Waals surface area contributed by atoms with Crippen molar-refractivity contribution >= 4 is 17.6 Å². The smallest absolute Gasteiger partial charge is 0.337 e. The molecule has 0 bridgehead atoms. The summed E-state index contributed by atoms with van der Waals surface area (Å²) in [6.45, 7) is 0.547. The Morgan fingerprint density at radius 3 is 2.12 bits per heavy atom. The summed E-state index contributed by atoms with van der Waals surface area (Å²) in [4.78, 5) is 11.3. The maximum absolute atomic E-state index is 11.3. The molecule has 10 heteroatoms. The van der Waals surface area contributed by atoms with Crippen LogP contribution in [0.1, 0.15) is 0 Å². The van der Waals surface area contributed by atoms with Crippen molar-refractivity contribution in [1.29, 1.82) is 0 Å². The first-order chi connectivity index (χ1) is 12.6. The highest BCUT2D eigenvalue weighted by atomic mass is 35.5. The predicted octanol–water partition coefficient (Wildman–Crippen LogP) is 1.24. The molecule has 1 aromatic carbocycles. The Bertz CT molecular complexity index is 539. The van der Waals surface area contributed by atoms with Gasteiger partial charge in [0.25, 0.3) is 0 Å². The Morgan fingerprint density at radius 1 is 0.962 bits per heavy atom. The second-order valence-corrected chi connectivity index (χ2v) is 5.04. The summed E-state index contributed by atoms with van der Waals surface area (Å²) in [7, 11) is 3.11. The average molecular weight is 395 g/mol. The molecule has 0 aliphatic carbocycles. The molecular formula is C16H23ClO9. The third kappa shape index (κ3) is 8.17. The number of esters is 1. The van der Waals surface area contributed by atoms with Gasteiger partial charge in [-0.2, -0.15) is 0 Å². The van der Waals surface area contributed by atoms with Gasteiger partial charge in [-0.05, 0) is 12.1 Å². The summed E-state index contributed by atoms with van der Waals surface area (Å²) < 4.78 is 36.1. The van der Waals surface area contributed by atoms with Crippen LogP contribution >= 0.6 is 11.6 Å². The molecule has 0 aliphatic heterocycles. The second-order valence-electron chi connectivity index (χ2n) is 4.66. The fourth-order valence-electron chi connectivity index (χ4n) is 1.61. The first-order valence-electron chi connectivity index (χ1n) is 7.67. The van der Waals surface area contributed by atoms with E-state index in [9.17, 15) is 4.79 Å². The van der Waals surface area contributed by atoms with Crippen LogP contribution in [-0.2, 0) is 23.7 Å². The number of aliphatic hydroxyl groups is 1. The molecule has 0 fully saturated rings. The fraction of sp³-hybridized carbons (Fsp3) is 0.562. The van der Waals surface area contributed by atoms with Crippen LogP contribution in [0.4, 0.5) is 0 Å². The molecule has 148 valence electrons. The van der Waals surface area contributed by atoms with Crippen LogP contribution in [0.3, 0.4) is 0 Å². The molecule has 0 saturated heterocycles. The highest BCUT2D eigenvalue weighted by Gasteiger charge is 2.18. The zero-order valence-electron chi connectivity index (χ0n) is 14.7. The number of hydrogen-bond donors (Lipinski definition) is 1. The van der Waals surface area contributed by atoms with Crippen molar-refractivity contribution in [2.45, 2.75) is 0 Å². The summed E-state index contributed by atoms with van der Waals surface area (Å²) in [5, 5.41) is 8.79. The maximum Gasteiger partial charge on any atom is 0.337 e. The Kier molecular flexibility index (Phi) is 11.7. The van der Waals surface area contributed by atoms with Crippen LogP contribution in [0.2, 0.25) is 5.02 Å². The van der Waals surface area contributed by atoms with Crippen molar-refractivity contribution < 1.29 is 43.1 Å². The normalized spacial score (nSPS) is 10.6. The lowest BCUT2D eigenvalue weighted by atomic mass is 10.3. The molecule has 0 amide bonds. The molecular weight excluding hydrogens is 372 g/mol. The molecule has 1 N–H and O–H groups in total. The molecule has 0 aliphatic rings. The van der Waals surface area contributed by atoms with E-state index in [0.717, 1.165) is 0 Å². The minimum Gasteiger partial charge on any atom is -0.464 e. The van der Waals surface area contributed by atoms with E-state index in [1.54, 1.807) is 14.2 Å². The number of hydrogen-bond acceptors (Lipinski definition) is 9. The predicted molar refractivity (Wildman–Crippen MR) is 90.8 cm³/mol. The molecule has 0 atom stereocenters. The number of carbonyl (C=O) groups is 1. The molecule has 0 radical (unpaired) electrons. The molecule has 0 unspecified atom stereocenters. The Morgan fingerprint density at radius 2 is 1.54 bits per heavy atom. The van der Waals surface area contributed by atoms with E-state index in [4.69, 9.17) is 49.9 Å². The Hall–Kier alpha value is -1.62. The molecule has 0 spiro atoms. The van der Waals surface area contributed by atoms with E-state index in [-0.39, 0.29) is 35.9 Å². The van der Waals surface area contributed by atoms with Gasteiger partial charge in [0.2, 0.25) is 0 Å². The number of aliphatic hydroxyl groups excluding tert-OH is 1. The lowest BCUT2D eigenvalue weighted by Crippen LogP contribution is -2.14. The van der Waals surface area contributed by atoms with Gasteiger partial charge in [-0.3, -0.25) is 0 Å². The van der Waals surface area contributed by atoms with Crippen molar-refractivity contribution in [2.75, 3.05) is 60.8 Å². The van der Waals surface area contributed by atoms with Gasteiger partial charge < -0.3 is 38.3 Å². The summed E-state index contributed by atoms with van der Waals surface area (Å²) in [5.41, 5.74) is 0. The summed E-state index contributed by atoms with van der Waals surface area (Å²) >= 11 is 6.21. The van der Waals surface area contributed by atoms with Crippen molar-refractivity contribution in [3.05, 3.63) is 17.2 Å².